The Balaban J connectivity index is 2.06. The molecule has 21 heavy (non-hydrogen) atoms. The first kappa shape index (κ1) is 15.0. The van der Waals surface area contributed by atoms with E-state index < -0.39 is 17.8 Å². The van der Waals surface area contributed by atoms with Crippen molar-refractivity contribution in [1.29, 1.82) is 5.26 Å². The number of pyridine rings is 1. The molecule has 0 aliphatic heterocycles. The minimum atomic E-state index is -4.37. The average Bonchev–Trinajstić information content (AvgIpc) is 2.48. The normalized spacial score (nSPS) is 12.7. The molecule has 1 unspecified atom stereocenters. The lowest BCUT2D eigenvalue weighted by Gasteiger charge is -2.13. The fourth-order valence-electron chi connectivity index (χ4n) is 1.81. The van der Waals surface area contributed by atoms with Crippen LogP contribution in [-0.4, -0.2) is 4.98 Å². The zero-order valence-electron chi connectivity index (χ0n) is 10.9. The predicted octanol–water partition coefficient (Wildman–Crippen LogP) is 3.45. The van der Waals surface area contributed by atoms with E-state index in [-0.39, 0.29) is 0 Å². The lowest BCUT2D eigenvalue weighted by Crippen LogP contribution is -2.20. The largest absolute Gasteiger partial charge is 0.416 e. The summed E-state index contributed by atoms with van der Waals surface area (Å²) >= 11 is 0. The second-order valence-corrected chi connectivity index (χ2v) is 4.38. The maximum absolute atomic E-state index is 12.5. The molecule has 1 aromatic carbocycles. The van der Waals surface area contributed by atoms with Crippen molar-refractivity contribution < 1.29 is 13.2 Å². The van der Waals surface area contributed by atoms with Gasteiger partial charge in [-0.1, -0.05) is 18.2 Å². The van der Waals surface area contributed by atoms with Gasteiger partial charge in [0.15, 0.2) is 0 Å². The van der Waals surface area contributed by atoms with E-state index in [1.54, 1.807) is 18.3 Å². The van der Waals surface area contributed by atoms with Crippen molar-refractivity contribution in [2.75, 3.05) is 0 Å². The number of halogens is 3. The second-order valence-electron chi connectivity index (χ2n) is 4.38. The van der Waals surface area contributed by atoms with E-state index in [0.29, 0.717) is 12.1 Å². The summed E-state index contributed by atoms with van der Waals surface area (Å²) in [6.07, 6.45) is -2.74. The first-order valence-electron chi connectivity index (χ1n) is 6.21. The van der Waals surface area contributed by atoms with Crippen molar-refractivity contribution in [3.63, 3.8) is 0 Å². The first-order chi connectivity index (χ1) is 10.0. The van der Waals surface area contributed by atoms with Crippen molar-refractivity contribution in [2.45, 2.75) is 18.8 Å². The van der Waals surface area contributed by atoms with E-state index in [2.05, 4.69) is 10.3 Å². The number of nitriles is 1. The van der Waals surface area contributed by atoms with Crippen molar-refractivity contribution in [3.05, 3.63) is 65.5 Å². The molecule has 0 spiro atoms. The minimum absolute atomic E-state index is 0.361. The van der Waals surface area contributed by atoms with Gasteiger partial charge in [-0.3, -0.25) is 10.3 Å². The molecule has 0 aliphatic carbocycles. The number of alkyl halides is 3. The van der Waals surface area contributed by atoms with Crippen LogP contribution in [0.25, 0.3) is 0 Å². The molecule has 1 aromatic heterocycles. The van der Waals surface area contributed by atoms with Crippen molar-refractivity contribution in [3.8, 4) is 6.07 Å². The Bertz CT molecular complexity index is 615. The summed E-state index contributed by atoms with van der Waals surface area (Å²) in [6.45, 7) is 0.361. The molecule has 1 N–H and O–H groups in total. The van der Waals surface area contributed by atoms with Crippen molar-refractivity contribution in [1.82, 2.24) is 10.3 Å². The molecule has 0 fully saturated rings. The lowest BCUT2D eigenvalue weighted by molar-refractivity contribution is -0.137. The van der Waals surface area contributed by atoms with E-state index in [1.165, 1.54) is 12.1 Å². The number of nitrogens with zero attached hydrogens (tertiary/aromatic N) is 2. The molecule has 0 aliphatic rings. The third-order valence-corrected chi connectivity index (χ3v) is 2.91. The van der Waals surface area contributed by atoms with Crippen LogP contribution in [0.5, 0.6) is 0 Å². The Morgan fingerprint density at radius 2 is 1.86 bits per heavy atom. The summed E-state index contributed by atoms with van der Waals surface area (Å²) in [5.41, 5.74) is 0.513. The van der Waals surface area contributed by atoms with Crippen LogP contribution >= 0.6 is 0 Å². The number of hydrogen-bond acceptors (Lipinski definition) is 3. The molecule has 6 heteroatoms. The average molecular weight is 291 g/mol. The summed E-state index contributed by atoms with van der Waals surface area (Å²) in [7, 11) is 0. The zero-order chi connectivity index (χ0) is 15.3. The van der Waals surface area contributed by atoms with E-state index in [9.17, 15) is 13.2 Å². The molecule has 108 valence electrons. The molecule has 0 saturated carbocycles. The molecule has 2 rings (SSSR count). The highest BCUT2D eigenvalue weighted by molar-refractivity contribution is 5.29. The van der Waals surface area contributed by atoms with Gasteiger partial charge in [0.05, 0.1) is 17.3 Å². The van der Waals surface area contributed by atoms with Crippen LogP contribution in [0.2, 0.25) is 0 Å². The van der Waals surface area contributed by atoms with Gasteiger partial charge in [0.25, 0.3) is 0 Å². The molecule has 0 bridgehead atoms. The highest BCUT2D eigenvalue weighted by Gasteiger charge is 2.30. The monoisotopic (exact) mass is 291 g/mol. The van der Waals surface area contributed by atoms with E-state index in [1.807, 2.05) is 12.1 Å². The fourth-order valence-corrected chi connectivity index (χ4v) is 1.81. The van der Waals surface area contributed by atoms with Crippen molar-refractivity contribution >= 4 is 0 Å². The SMILES string of the molecule is N#CC(NCc1ccccn1)c1ccc(C(F)(F)F)cc1. The summed E-state index contributed by atoms with van der Waals surface area (Å²) in [6, 6.07) is 11.3. The topological polar surface area (TPSA) is 48.7 Å². The van der Waals surface area contributed by atoms with E-state index >= 15 is 0 Å². The number of nitrogens with one attached hydrogen (secondary N) is 1. The van der Waals surface area contributed by atoms with E-state index in [4.69, 9.17) is 5.26 Å². The minimum Gasteiger partial charge on any atom is -0.293 e. The maximum atomic E-state index is 12.5. The molecular weight excluding hydrogens is 279 g/mol. The van der Waals surface area contributed by atoms with Gasteiger partial charge in [-0.25, -0.2) is 0 Å². The van der Waals surface area contributed by atoms with Crippen LogP contribution in [0.4, 0.5) is 13.2 Å². The fraction of sp³-hybridized carbons (Fsp3) is 0.200. The molecule has 3 nitrogen and oxygen atoms in total. The Morgan fingerprint density at radius 3 is 2.38 bits per heavy atom. The van der Waals surface area contributed by atoms with Gasteiger partial charge < -0.3 is 0 Å². The standard InChI is InChI=1S/C15H12F3N3/c16-15(17,18)12-6-4-11(5-7-12)14(9-19)21-10-13-3-1-2-8-20-13/h1-8,14,21H,10H2. The predicted molar refractivity (Wildman–Crippen MR) is 70.9 cm³/mol. The smallest absolute Gasteiger partial charge is 0.293 e. The third-order valence-electron chi connectivity index (χ3n) is 2.91. The molecule has 0 radical (unpaired) electrons. The van der Waals surface area contributed by atoms with Crippen molar-refractivity contribution in [2.24, 2.45) is 0 Å². The van der Waals surface area contributed by atoms with Crippen LogP contribution in [0, 0.1) is 11.3 Å². The Kier molecular flexibility index (Phi) is 4.55. The lowest BCUT2D eigenvalue weighted by atomic mass is 10.1. The van der Waals surface area contributed by atoms with Crippen LogP contribution in [-0.2, 0) is 12.7 Å². The molecule has 1 heterocycles. The summed E-state index contributed by atoms with van der Waals surface area (Å²) in [5.74, 6) is 0. The molecule has 0 amide bonds. The molecular formula is C15H12F3N3. The highest BCUT2D eigenvalue weighted by atomic mass is 19.4. The van der Waals surface area contributed by atoms with Gasteiger partial charge in [-0.05, 0) is 29.8 Å². The zero-order valence-corrected chi connectivity index (χ0v) is 10.9. The third kappa shape index (κ3) is 4.04. The Hall–Kier alpha value is -2.39. The van der Waals surface area contributed by atoms with Gasteiger partial charge >= 0.3 is 6.18 Å². The summed E-state index contributed by atoms with van der Waals surface area (Å²) in [4.78, 5) is 4.10. The first-order valence-corrected chi connectivity index (χ1v) is 6.21. The number of hydrogen-bond donors (Lipinski definition) is 1. The number of benzene rings is 1. The molecule has 0 saturated heterocycles. The highest BCUT2D eigenvalue weighted by Crippen LogP contribution is 2.29. The van der Waals surface area contributed by atoms with Crippen LogP contribution in [0.3, 0.4) is 0 Å². The van der Waals surface area contributed by atoms with Gasteiger partial charge in [0, 0.05) is 12.7 Å². The van der Waals surface area contributed by atoms with Gasteiger partial charge in [-0.2, -0.15) is 18.4 Å². The number of aromatic nitrogens is 1. The van der Waals surface area contributed by atoms with Crippen LogP contribution in [0.15, 0.2) is 48.7 Å². The van der Waals surface area contributed by atoms with Crippen LogP contribution in [0.1, 0.15) is 22.9 Å². The van der Waals surface area contributed by atoms with E-state index in [0.717, 1.165) is 17.8 Å². The Morgan fingerprint density at radius 1 is 1.14 bits per heavy atom. The summed E-state index contributed by atoms with van der Waals surface area (Å²) in [5, 5.41) is 12.1. The summed E-state index contributed by atoms with van der Waals surface area (Å²) < 4.78 is 37.4. The Labute approximate surface area is 120 Å². The number of rotatable bonds is 4. The maximum Gasteiger partial charge on any atom is 0.416 e. The van der Waals surface area contributed by atoms with Crippen LogP contribution < -0.4 is 5.32 Å². The second kappa shape index (κ2) is 6.37. The quantitative estimate of drug-likeness (QED) is 0.938. The van der Waals surface area contributed by atoms with Gasteiger partial charge in [0.1, 0.15) is 6.04 Å². The van der Waals surface area contributed by atoms with Gasteiger partial charge in [0.2, 0.25) is 0 Å². The van der Waals surface area contributed by atoms with Gasteiger partial charge in [-0.15, -0.1) is 0 Å². The molecule has 1 atom stereocenters. The molecule has 2 aromatic rings.